The first-order valence-corrected chi connectivity index (χ1v) is 6.45. The summed E-state index contributed by atoms with van der Waals surface area (Å²) in [6.45, 7) is 7.25. The van der Waals surface area contributed by atoms with E-state index >= 15 is 0 Å². The van der Waals surface area contributed by atoms with Crippen molar-refractivity contribution in [1.82, 2.24) is 35.2 Å². The Morgan fingerprint density at radius 1 is 1.26 bits per heavy atom. The highest BCUT2D eigenvalue weighted by atomic mass is 15.6. The molecule has 0 spiro atoms. The molecule has 104 valence electrons. The molecule has 2 rings (SSSR count). The highest BCUT2D eigenvalue weighted by Gasteiger charge is 2.18. The van der Waals surface area contributed by atoms with Gasteiger partial charge in [0.05, 0.1) is 11.7 Å². The van der Waals surface area contributed by atoms with Gasteiger partial charge in [-0.05, 0) is 30.7 Å². The number of aromatic nitrogens is 7. The summed E-state index contributed by atoms with van der Waals surface area (Å²) in [7, 11) is 0. The molecule has 2 aromatic rings. The minimum Gasteiger partial charge on any atom is -0.320 e. The maximum Gasteiger partial charge on any atom is 0.172 e. The zero-order chi connectivity index (χ0) is 13.9. The minimum absolute atomic E-state index is 0.494. The van der Waals surface area contributed by atoms with Gasteiger partial charge in [-0.3, -0.25) is 0 Å². The maximum atomic E-state index is 5.98. The van der Waals surface area contributed by atoms with Crippen molar-refractivity contribution in [3.8, 4) is 0 Å². The van der Waals surface area contributed by atoms with Crippen LogP contribution in [0.15, 0.2) is 6.20 Å². The predicted octanol–water partition coefficient (Wildman–Crippen LogP) is 0.307. The first-order chi connectivity index (χ1) is 9.00. The van der Waals surface area contributed by atoms with E-state index in [1.54, 1.807) is 9.36 Å². The Hall–Kier alpha value is -1.83. The van der Waals surface area contributed by atoms with Crippen LogP contribution in [0.5, 0.6) is 0 Å². The Morgan fingerprint density at radius 2 is 2.05 bits per heavy atom. The number of unbranched alkanes of at least 4 members (excludes halogenated alkanes) is 1. The van der Waals surface area contributed by atoms with E-state index < -0.39 is 5.54 Å². The van der Waals surface area contributed by atoms with Crippen molar-refractivity contribution in [2.24, 2.45) is 5.73 Å². The predicted molar refractivity (Wildman–Crippen MR) is 69.1 cm³/mol. The monoisotopic (exact) mass is 264 g/mol. The topological polar surface area (TPSA) is 100 Å². The summed E-state index contributed by atoms with van der Waals surface area (Å²) in [4.78, 5) is 0. The molecule has 8 heteroatoms. The van der Waals surface area contributed by atoms with E-state index in [1.165, 1.54) is 0 Å². The first kappa shape index (κ1) is 13.6. The lowest BCUT2D eigenvalue weighted by atomic mass is 10.0. The summed E-state index contributed by atoms with van der Waals surface area (Å²) in [5, 5.41) is 19.8. The fourth-order valence-corrected chi connectivity index (χ4v) is 1.63. The molecule has 0 amide bonds. The lowest BCUT2D eigenvalue weighted by Gasteiger charge is -2.13. The number of nitrogens with two attached hydrogens (primary N) is 1. The van der Waals surface area contributed by atoms with Gasteiger partial charge in [0.1, 0.15) is 12.2 Å². The molecule has 0 aromatic carbocycles. The Morgan fingerprint density at radius 3 is 2.68 bits per heavy atom. The quantitative estimate of drug-likeness (QED) is 0.805. The SMILES string of the molecule is CCCCn1nnnc1Cn1cc(C(C)(C)N)nn1. The third-order valence-corrected chi connectivity index (χ3v) is 2.83. The molecular weight excluding hydrogens is 244 g/mol. The molecule has 0 fully saturated rings. The zero-order valence-corrected chi connectivity index (χ0v) is 11.6. The first-order valence-electron chi connectivity index (χ1n) is 6.45. The third-order valence-electron chi connectivity index (χ3n) is 2.83. The van der Waals surface area contributed by atoms with Gasteiger partial charge >= 0.3 is 0 Å². The van der Waals surface area contributed by atoms with Gasteiger partial charge in [-0.25, -0.2) is 9.36 Å². The van der Waals surface area contributed by atoms with Crippen LogP contribution in [0.1, 0.15) is 45.1 Å². The number of hydrogen-bond acceptors (Lipinski definition) is 6. The molecule has 0 radical (unpaired) electrons. The van der Waals surface area contributed by atoms with Crippen molar-refractivity contribution >= 4 is 0 Å². The molecule has 2 aromatic heterocycles. The molecular formula is C11H20N8. The van der Waals surface area contributed by atoms with Crippen molar-refractivity contribution in [3.63, 3.8) is 0 Å². The minimum atomic E-state index is -0.494. The standard InChI is InChI=1S/C11H20N8/c1-4-5-6-19-10(14-15-17-19)8-18-7-9(13-16-18)11(2,3)12/h7H,4-6,8,12H2,1-3H3. The van der Waals surface area contributed by atoms with Gasteiger partial charge in [-0.2, -0.15) is 0 Å². The van der Waals surface area contributed by atoms with Crippen molar-refractivity contribution in [3.05, 3.63) is 17.7 Å². The summed E-state index contributed by atoms with van der Waals surface area (Å²) in [6.07, 6.45) is 3.99. The number of rotatable bonds is 6. The molecule has 0 aliphatic rings. The van der Waals surface area contributed by atoms with Gasteiger partial charge in [0, 0.05) is 6.54 Å². The van der Waals surface area contributed by atoms with Crippen molar-refractivity contribution in [2.75, 3.05) is 0 Å². The fraction of sp³-hybridized carbons (Fsp3) is 0.727. The van der Waals surface area contributed by atoms with Gasteiger partial charge in [0.25, 0.3) is 0 Å². The molecule has 0 unspecified atom stereocenters. The Bertz CT molecular complexity index is 521. The van der Waals surface area contributed by atoms with Gasteiger partial charge < -0.3 is 5.73 Å². The Labute approximate surface area is 112 Å². The molecule has 2 N–H and O–H groups in total. The van der Waals surface area contributed by atoms with Crippen molar-refractivity contribution in [2.45, 2.75) is 52.2 Å². The van der Waals surface area contributed by atoms with Crippen LogP contribution in [0.25, 0.3) is 0 Å². The number of aryl methyl sites for hydroxylation is 1. The average Bonchev–Trinajstić information content (AvgIpc) is 2.95. The summed E-state index contributed by atoms with van der Waals surface area (Å²) in [6, 6.07) is 0. The van der Waals surface area contributed by atoms with E-state index in [9.17, 15) is 0 Å². The lowest BCUT2D eigenvalue weighted by Crippen LogP contribution is -2.29. The fourth-order valence-electron chi connectivity index (χ4n) is 1.63. The van der Waals surface area contributed by atoms with Gasteiger partial charge in [-0.15, -0.1) is 10.2 Å². The molecule has 0 atom stereocenters. The van der Waals surface area contributed by atoms with E-state index in [0.717, 1.165) is 30.9 Å². The van der Waals surface area contributed by atoms with Gasteiger partial charge in [-0.1, -0.05) is 18.6 Å². The molecule has 0 aliphatic heterocycles. The average molecular weight is 264 g/mol. The van der Waals surface area contributed by atoms with Crippen molar-refractivity contribution < 1.29 is 0 Å². The van der Waals surface area contributed by atoms with E-state index in [-0.39, 0.29) is 0 Å². The summed E-state index contributed by atoms with van der Waals surface area (Å²) in [5.74, 6) is 0.778. The van der Waals surface area contributed by atoms with Crippen LogP contribution in [0.2, 0.25) is 0 Å². The molecule has 0 saturated heterocycles. The molecule has 19 heavy (non-hydrogen) atoms. The second-order valence-electron chi connectivity index (χ2n) is 5.19. The summed E-state index contributed by atoms with van der Waals surface area (Å²) < 4.78 is 3.51. The number of tetrazole rings is 1. The molecule has 0 bridgehead atoms. The van der Waals surface area contributed by atoms with Crippen molar-refractivity contribution in [1.29, 1.82) is 0 Å². The Kier molecular flexibility index (Phi) is 3.89. The van der Waals surface area contributed by atoms with Crippen LogP contribution in [0, 0.1) is 0 Å². The van der Waals surface area contributed by atoms with Crippen LogP contribution < -0.4 is 5.73 Å². The van der Waals surface area contributed by atoms with Gasteiger partial charge in [0.15, 0.2) is 5.82 Å². The zero-order valence-electron chi connectivity index (χ0n) is 11.6. The third kappa shape index (κ3) is 3.34. The van der Waals surface area contributed by atoms with Crippen LogP contribution in [0.3, 0.4) is 0 Å². The lowest BCUT2D eigenvalue weighted by molar-refractivity contribution is 0.511. The largest absolute Gasteiger partial charge is 0.320 e. The molecule has 0 saturated carbocycles. The highest BCUT2D eigenvalue weighted by Crippen LogP contribution is 2.12. The number of hydrogen-bond donors (Lipinski definition) is 1. The molecule has 0 aliphatic carbocycles. The van der Waals surface area contributed by atoms with E-state index in [0.29, 0.717) is 6.54 Å². The molecule has 2 heterocycles. The van der Waals surface area contributed by atoms with Gasteiger partial charge in [0.2, 0.25) is 0 Å². The van der Waals surface area contributed by atoms with E-state index in [4.69, 9.17) is 5.73 Å². The van der Waals surface area contributed by atoms with Crippen LogP contribution in [-0.2, 0) is 18.6 Å². The maximum absolute atomic E-state index is 5.98. The smallest absolute Gasteiger partial charge is 0.172 e. The summed E-state index contributed by atoms with van der Waals surface area (Å²) in [5.41, 5.74) is 6.23. The summed E-state index contributed by atoms with van der Waals surface area (Å²) >= 11 is 0. The van der Waals surface area contributed by atoms with E-state index in [1.807, 2.05) is 20.0 Å². The Balaban J connectivity index is 2.09. The molecule has 8 nitrogen and oxygen atoms in total. The van der Waals surface area contributed by atoms with Crippen LogP contribution in [0.4, 0.5) is 0 Å². The van der Waals surface area contributed by atoms with Crippen LogP contribution >= 0.6 is 0 Å². The number of nitrogens with zero attached hydrogens (tertiary/aromatic N) is 7. The highest BCUT2D eigenvalue weighted by molar-refractivity contribution is 5.06. The van der Waals surface area contributed by atoms with Crippen LogP contribution in [-0.4, -0.2) is 35.2 Å². The normalized spacial score (nSPS) is 12.0. The van der Waals surface area contributed by atoms with E-state index in [2.05, 4.69) is 32.8 Å². The second-order valence-corrected chi connectivity index (χ2v) is 5.19. The second kappa shape index (κ2) is 5.43.